The molecule has 1 saturated heterocycles. The molecule has 2 heteroatoms. The first kappa shape index (κ1) is 7.92. The van der Waals surface area contributed by atoms with E-state index in [1.54, 1.807) is 0 Å². The van der Waals surface area contributed by atoms with Crippen LogP contribution in [0, 0.1) is 0 Å². The lowest BCUT2D eigenvalue weighted by atomic mass is 10.4. The first-order valence-corrected chi connectivity index (χ1v) is 2.91. The maximum atomic E-state index is 3.28. The Morgan fingerprint density at radius 2 is 1.25 bits per heavy atom. The molecule has 1 aliphatic rings. The highest BCUT2D eigenvalue weighted by molar-refractivity contribution is 4.57. The van der Waals surface area contributed by atoms with Gasteiger partial charge < -0.3 is 10.6 Å². The molecule has 0 spiro atoms. The average Bonchev–Trinajstić information content (AvgIpc) is 1.90. The molecule has 0 aromatic heterocycles. The van der Waals surface area contributed by atoms with Gasteiger partial charge in [0, 0.05) is 13.1 Å². The molecule has 1 heterocycles. The average molecular weight is 116 g/mol. The fourth-order valence-corrected chi connectivity index (χ4v) is 0.765. The van der Waals surface area contributed by atoms with Crippen LogP contribution in [0.25, 0.3) is 0 Å². The van der Waals surface area contributed by atoms with Gasteiger partial charge in [-0.2, -0.15) is 0 Å². The van der Waals surface area contributed by atoms with Crippen LogP contribution in [-0.2, 0) is 0 Å². The molecule has 0 saturated carbocycles. The molecule has 2 N–H and O–H groups in total. The monoisotopic (exact) mass is 116 g/mol. The predicted octanol–water partition coefficient (Wildman–Crippen LogP) is 0.205. The van der Waals surface area contributed by atoms with Gasteiger partial charge in [0.2, 0.25) is 0 Å². The Balaban J connectivity index is 0.000000490. The molecular weight excluding hydrogens is 100 g/mol. The molecular formula is C6H16N2. The third kappa shape index (κ3) is 2.99. The quantitative estimate of drug-likeness (QED) is 0.472. The van der Waals surface area contributed by atoms with Crippen molar-refractivity contribution in [2.24, 2.45) is 0 Å². The summed E-state index contributed by atoms with van der Waals surface area (Å²) in [5.74, 6) is 0. The van der Waals surface area contributed by atoms with Crippen LogP contribution in [-0.4, -0.2) is 26.2 Å². The van der Waals surface area contributed by atoms with Gasteiger partial charge in [-0.05, 0) is 19.5 Å². The zero-order chi connectivity index (χ0) is 4.95. The van der Waals surface area contributed by atoms with E-state index in [9.17, 15) is 0 Å². The summed E-state index contributed by atoms with van der Waals surface area (Å²) < 4.78 is 0. The van der Waals surface area contributed by atoms with E-state index < -0.39 is 0 Å². The van der Waals surface area contributed by atoms with Crippen molar-refractivity contribution in [3.63, 3.8) is 0 Å². The van der Waals surface area contributed by atoms with Crippen LogP contribution in [0.15, 0.2) is 0 Å². The Morgan fingerprint density at radius 3 is 1.75 bits per heavy atom. The molecule has 0 aromatic rings. The Bertz CT molecular complexity index is 26.1. The molecule has 0 unspecified atom stereocenters. The second kappa shape index (κ2) is 5.06. The van der Waals surface area contributed by atoms with E-state index in [0.29, 0.717) is 0 Å². The summed E-state index contributed by atoms with van der Waals surface area (Å²) in [5.41, 5.74) is 0. The van der Waals surface area contributed by atoms with Crippen molar-refractivity contribution in [2.75, 3.05) is 26.2 Å². The molecule has 0 amide bonds. The van der Waals surface area contributed by atoms with Crippen LogP contribution in [0.5, 0.6) is 0 Å². The van der Waals surface area contributed by atoms with Crippen LogP contribution in [0.4, 0.5) is 0 Å². The minimum atomic E-state index is 0. The van der Waals surface area contributed by atoms with Crippen molar-refractivity contribution < 1.29 is 0 Å². The Labute approximate surface area is 51.7 Å². The highest BCUT2D eigenvalue weighted by Crippen LogP contribution is 1.75. The third-order valence-electron chi connectivity index (χ3n) is 1.19. The Kier molecular flexibility index (Phi) is 5.01. The Hall–Kier alpha value is -0.0800. The van der Waals surface area contributed by atoms with Gasteiger partial charge >= 0.3 is 0 Å². The van der Waals surface area contributed by atoms with Crippen molar-refractivity contribution in [1.29, 1.82) is 0 Å². The summed E-state index contributed by atoms with van der Waals surface area (Å²) in [4.78, 5) is 0. The smallest absolute Gasteiger partial charge is 0.00767 e. The van der Waals surface area contributed by atoms with E-state index in [-0.39, 0.29) is 7.43 Å². The van der Waals surface area contributed by atoms with E-state index in [1.165, 1.54) is 19.5 Å². The first-order valence-electron chi connectivity index (χ1n) is 2.91. The molecule has 0 bridgehead atoms. The second-order valence-corrected chi connectivity index (χ2v) is 1.85. The third-order valence-corrected chi connectivity index (χ3v) is 1.19. The summed E-state index contributed by atoms with van der Waals surface area (Å²) in [6.07, 6.45) is 1.28. The SMILES string of the molecule is C.C1CNCCNC1. The highest BCUT2D eigenvalue weighted by atomic mass is 15.0. The van der Waals surface area contributed by atoms with Crippen LogP contribution >= 0.6 is 0 Å². The summed E-state index contributed by atoms with van der Waals surface area (Å²) in [7, 11) is 0. The number of rotatable bonds is 0. The number of hydrogen-bond acceptors (Lipinski definition) is 2. The lowest BCUT2D eigenvalue weighted by molar-refractivity contribution is 0.718. The molecule has 1 rings (SSSR count). The van der Waals surface area contributed by atoms with Gasteiger partial charge in [-0.15, -0.1) is 0 Å². The summed E-state index contributed by atoms with van der Waals surface area (Å²) in [6, 6.07) is 0. The van der Waals surface area contributed by atoms with Crippen LogP contribution < -0.4 is 10.6 Å². The van der Waals surface area contributed by atoms with Crippen molar-refractivity contribution in [2.45, 2.75) is 13.8 Å². The summed E-state index contributed by atoms with van der Waals surface area (Å²) in [5, 5.41) is 6.57. The van der Waals surface area contributed by atoms with E-state index in [4.69, 9.17) is 0 Å². The van der Waals surface area contributed by atoms with E-state index in [1.807, 2.05) is 0 Å². The lowest BCUT2D eigenvalue weighted by Crippen LogP contribution is -2.21. The van der Waals surface area contributed by atoms with Gasteiger partial charge in [0.15, 0.2) is 0 Å². The van der Waals surface area contributed by atoms with Crippen molar-refractivity contribution in [3.05, 3.63) is 0 Å². The van der Waals surface area contributed by atoms with E-state index >= 15 is 0 Å². The van der Waals surface area contributed by atoms with Crippen LogP contribution in [0.1, 0.15) is 13.8 Å². The first-order chi connectivity index (χ1) is 3.50. The Morgan fingerprint density at radius 1 is 0.750 bits per heavy atom. The van der Waals surface area contributed by atoms with E-state index in [0.717, 1.165) is 13.1 Å². The highest BCUT2D eigenvalue weighted by Gasteiger charge is 1.92. The fourth-order valence-electron chi connectivity index (χ4n) is 0.765. The van der Waals surface area contributed by atoms with Crippen LogP contribution in [0.2, 0.25) is 0 Å². The predicted molar refractivity (Wildman–Crippen MR) is 37.1 cm³/mol. The van der Waals surface area contributed by atoms with Crippen molar-refractivity contribution in [1.82, 2.24) is 10.6 Å². The zero-order valence-corrected chi connectivity index (χ0v) is 4.54. The lowest BCUT2D eigenvalue weighted by Gasteiger charge is -1.92. The van der Waals surface area contributed by atoms with Gasteiger partial charge in [0.05, 0.1) is 0 Å². The topological polar surface area (TPSA) is 24.1 Å². The van der Waals surface area contributed by atoms with Gasteiger partial charge in [-0.3, -0.25) is 0 Å². The van der Waals surface area contributed by atoms with Gasteiger partial charge in [-0.1, -0.05) is 7.43 Å². The zero-order valence-electron chi connectivity index (χ0n) is 4.54. The molecule has 1 fully saturated rings. The molecule has 2 nitrogen and oxygen atoms in total. The van der Waals surface area contributed by atoms with E-state index in [2.05, 4.69) is 10.6 Å². The van der Waals surface area contributed by atoms with Gasteiger partial charge in [-0.25, -0.2) is 0 Å². The molecule has 50 valence electrons. The standard InChI is InChI=1S/C5H12N2.CH4/c1-2-6-4-5-7-3-1;/h6-7H,1-5H2;1H4. The summed E-state index contributed by atoms with van der Waals surface area (Å²) >= 11 is 0. The minimum absolute atomic E-state index is 0. The molecule has 0 aromatic carbocycles. The maximum absolute atomic E-state index is 3.28. The normalized spacial score (nSPS) is 21.0. The van der Waals surface area contributed by atoms with Gasteiger partial charge in [0.25, 0.3) is 0 Å². The number of hydrogen-bond donors (Lipinski definition) is 2. The molecule has 0 atom stereocenters. The summed E-state index contributed by atoms with van der Waals surface area (Å²) in [6.45, 7) is 4.65. The molecule has 0 aliphatic carbocycles. The number of nitrogens with one attached hydrogen (secondary N) is 2. The van der Waals surface area contributed by atoms with Crippen molar-refractivity contribution in [3.8, 4) is 0 Å². The second-order valence-electron chi connectivity index (χ2n) is 1.85. The maximum Gasteiger partial charge on any atom is 0.00767 e. The largest absolute Gasteiger partial charge is 0.315 e. The molecule has 1 aliphatic heterocycles. The molecule has 0 radical (unpaired) electrons. The van der Waals surface area contributed by atoms with Gasteiger partial charge in [0.1, 0.15) is 0 Å². The fraction of sp³-hybridized carbons (Fsp3) is 1.00. The minimum Gasteiger partial charge on any atom is -0.315 e. The van der Waals surface area contributed by atoms with Crippen molar-refractivity contribution >= 4 is 0 Å². The molecule has 8 heavy (non-hydrogen) atoms. The van der Waals surface area contributed by atoms with Crippen LogP contribution in [0.3, 0.4) is 0 Å².